The average Bonchev–Trinajstić information content (AvgIpc) is 2.87. The monoisotopic (exact) mass is 260 g/mol. The van der Waals surface area contributed by atoms with E-state index in [-0.39, 0.29) is 4.75 Å². The van der Waals surface area contributed by atoms with Gasteiger partial charge in [0.2, 0.25) is 0 Å². The van der Waals surface area contributed by atoms with E-state index in [1.54, 1.807) is 27.9 Å². The van der Waals surface area contributed by atoms with E-state index in [0.29, 0.717) is 5.92 Å². The van der Waals surface area contributed by atoms with Gasteiger partial charge in [-0.25, -0.2) is 0 Å². The molecule has 98 valence electrons. The number of fused-ring (bicyclic) bond motifs is 1. The predicted molar refractivity (Wildman–Crippen MR) is 82.1 cm³/mol. The lowest BCUT2D eigenvalue weighted by atomic mass is 9.87. The highest BCUT2D eigenvalue weighted by atomic mass is 32.1. The first-order valence-electron chi connectivity index (χ1n) is 7.41. The van der Waals surface area contributed by atoms with Gasteiger partial charge in [0.1, 0.15) is 0 Å². The summed E-state index contributed by atoms with van der Waals surface area (Å²) in [5.74, 6) is 0.659. The van der Waals surface area contributed by atoms with Gasteiger partial charge in [0.25, 0.3) is 0 Å². The molecule has 3 aliphatic rings. The normalized spacial score (nSPS) is 31.7. The average molecular weight is 260 g/mol. The van der Waals surface area contributed by atoms with Crippen molar-refractivity contribution in [3.8, 4) is 0 Å². The van der Waals surface area contributed by atoms with Gasteiger partial charge in [0, 0.05) is 0 Å². The largest absolute Gasteiger partial charge is 0.164 e. The molecule has 1 atom stereocenters. The third-order valence-electron chi connectivity index (χ3n) is 4.77. The van der Waals surface area contributed by atoms with E-state index in [1.807, 2.05) is 0 Å². The summed E-state index contributed by atoms with van der Waals surface area (Å²) in [7, 11) is 0. The molecule has 18 heavy (non-hydrogen) atoms. The molecule has 0 nitrogen and oxygen atoms in total. The minimum atomic E-state index is -0.00655. The number of hydrogen-bond acceptors (Lipinski definition) is 1. The van der Waals surface area contributed by atoms with E-state index in [4.69, 9.17) is 12.6 Å². The van der Waals surface area contributed by atoms with Gasteiger partial charge in [-0.15, -0.1) is 0 Å². The Labute approximate surface area is 117 Å². The van der Waals surface area contributed by atoms with Crippen LogP contribution in [-0.4, -0.2) is 4.75 Å². The van der Waals surface area contributed by atoms with Crippen LogP contribution in [-0.2, 0) is 0 Å². The highest BCUT2D eigenvalue weighted by molar-refractivity contribution is 7.82. The van der Waals surface area contributed by atoms with Gasteiger partial charge in [-0.3, -0.25) is 0 Å². The van der Waals surface area contributed by atoms with Crippen LogP contribution in [0.15, 0.2) is 33.9 Å². The van der Waals surface area contributed by atoms with Crippen molar-refractivity contribution in [3.05, 3.63) is 33.9 Å². The van der Waals surface area contributed by atoms with Crippen LogP contribution in [0.5, 0.6) is 0 Å². The highest BCUT2D eigenvalue weighted by Crippen LogP contribution is 2.50. The van der Waals surface area contributed by atoms with E-state index in [1.165, 1.54) is 38.5 Å². The molecule has 0 saturated heterocycles. The first-order chi connectivity index (χ1) is 8.50. The molecule has 1 unspecified atom stereocenters. The van der Waals surface area contributed by atoms with Gasteiger partial charge in [-0.2, -0.15) is 12.6 Å². The third kappa shape index (κ3) is 1.82. The summed E-state index contributed by atoms with van der Waals surface area (Å²) in [6.45, 7) is 7.02. The summed E-state index contributed by atoms with van der Waals surface area (Å²) in [5, 5.41) is 0. The molecule has 1 heteroatoms. The summed E-state index contributed by atoms with van der Waals surface area (Å²) in [5.41, 5.74) is 8.25. The van der Waals surface area contributed by atoms with Gasteiger partial charge in [0.15, 0.2) is 0 Å². The Hall–Kier alpha value is -0.430. The molecular weight excluding hydrogens is 236 g/mol. The molecule has 0 N–H and O–H groups in total. The van der Waals surface area contributed by atoms with Gasteiger partial charge < -0.3 is 0 Å². The van der Waals surface area contributed by atoms with Crippen molar-refractivity contribution in [1.29, 1.82) is 0 Å². The predicted octanol–water partition coefficient (Wildman–Crippen LogP) is 5.23. The maximum absolute atomic E-state index is 4.99. The minimum absolute atomic E-state index is 0.00655. The zero-order valence-electron chi connectivity index (χ0n) is 11.8. The lowest BCUT2D eigenvalue weighted by Crippen LogP contribution is -2.17. The van der Waals surface area contributed by atoms with Gasteiger partial charge in [-0.05, 0) is 79.2 Å². The molecule has 0 amide bonds. The summed E-state index contributed by atoms with van der Waals surface area (Å²) in [4.78, 5) is 0. The molecule has 0 spiro atoms. The minimum Gasteiger partial charge on any atom is -0.164 e. The fourth-order valence-corrected chi connectivity index (χ4v) is 4.54. The van der Waals surface area contributed by atoms with Crippen LogP contribution < -0.4 is 0 Å². The Morgan fingerprint density at radius 3 is 2.44 bits per heavy atom. The second-order valence-corrected chi connectivity index (χ2v) is 7.46. The molecule has 3 rings (SSSR count). The Bertz CT molecular complexity index is 472. The highest BCUT2D eigenvalue weighted by Gasteiger charge is 2.36. The maximum Gasteiger partial charge on any atom is 0.0501 e. The van der Waals surface area contributed by atoms with Gasteiger partial charge in [-0.1, -0.05) is 19.9 Å². The lowest BCUT2D eigenvalue weighted by Gasteiger charge is -2.24. The zero-order chi connectivity index (χ0) is 12.9. The van der Waals surface area contributed by atoms with Crippen molar-refractivity contribution in [2.75, 3.05) is 0 Å². The summed E-state index contributed by atoms with van der Waals surface area (Å²) >= 11 is 4.99. The van der Waals surface area contributed by atoms with E-state index in [0.717, 1.165) is 0 Å². The number of hydrogen-bond donors (Lipinski definition) is 1. The molecule has 3 aliphatic carbocycles. The van der Waals surface area contributed by atoms with Crippen molar-refractivity contribution in [2.24, 2.45) is 5.92 Å². The quantitative estimate of drug-likeness (QED) is 0.613. The summed E-state index contributed by atoms with van der Waals surface area (Å²) in [6, 6.07) is 0. The van der Waals surface area contributed by atoms with Crippen LogP contribution in [0.2, 0.25) is 0 Å². The third-order valence-corrected chi connectivity index (χ3v) is 5.17. The van der Waals surface area contributed by atoms with E-state index < -0.39 is 0 Å². The summed E-state index contributed by atoms with van der Waals surface area (Å²) in [6.07, 6.45) is 10.2. The fourth-order valence-electron chi connectivity index (χ4n) is 4.14. The Balaban J connectivity index is 2.24. The molecule has 0 heterocycles. The number of thiol groups is 1. The SMILES string of the molecule is CC(C)C1=C2CCCC2=CC(C)(S)C2=C1CCC2. The van der Waals surface area contributed by atoms with Crippen LogP contribution >= 0.6 is 12.6 Å². The molecule has 0 radical (unpaired) electrons. The topological polar surface area (TPSA) is 0 Å². The van der Waals surface area contributed by atoms with Crippen molar-refractivity contribution in [2.45, 2.75) is 64.0 Å². The standard InChI is InChI=1S/C17H24S/c1-11(2)16-13-7-4-6-12(13)10-17(3,18)15-9-5-8-14(15)16/h10-11,18H,4-9H2,1-3H3. The fraction of sp³-hybridized carbons (Fsp3) is 0.647. The molecule has 0 aromatic carbocycles. The summed E-state index contributed by atoms with van der Waals surface area (Å²) < 4.78 is -0.00655. The van der Waals surface area contributed by atoms with Crippen molar-refractivity contribution < 1.29 is 0 Å². The van der Waals surface area contributed by atoms with Crippen LogP contribution in [0, 0.1) is 5.92 Å². The Kier molecular flexibility index (Phi) is 3.01. The molecule has 0 aromatic heterocycles. The van der Waals surface area contributed by atoms with Crippen LogP contribution in [0.25, 0.3) is 0 Å². The first kappa shape index (κ1) is 12.6. The molecule has 0 aromatic rings. The molecule has 0 bridgehead atoms. The van der Waals surface area contributed by atoms with E-state index in [9.17, 15) is 0 Å². The zero-order valence-corrected chi connectivity index (χ0v) is 12.7. The second-order valence-electron chi connectivity index (χ2n) is 6.53. The van der Waals surface area contributed by atoms with Gasteiger partial charge >= 0.3 is 0 Å². The Morgan fingerprint density at radius 1 is 1.06 bits per heavy atom. The molecule has 1 fully saturated rings. The van der Waals surface area contributed by atoms with Crippen molar-refractivity contribution in [1.82, 2.24) is 0 Å². The number of rotatable bonds is 1. The van der Waals surface area contributed by atoms with Crippen LogP contribution in [0.4, 0.5) is 0 Å². The first-order valence-corrected chi connectivity index (χ1v) is 7.86. The second kappa shape index (κ2) is 4.30. The van der Waals surface area contributed by atoms with Gasteiger partial charge in [0.05, 0.1) is 4.75 Å². The Morgan fingerprint density at radius 2 is 1.72 bits per heavy atom. The van der Waals surface area contributed by atoms with Crippen LogP contribution in [0.1, 0.15) is 59.3 Å². The molecular formula is C17H24S. The smallest absolute Gasteiger partial charge is 0.0501 e. The van der Waals surface area contributed by atoms with Crippen molar-refractivity contribution >= 4 is 12.6 Å². The lowest BCUT2D eigenvalue weighted by molar-refractivity contribution is 0.748. The van der Waals surface area contributed by atoms with Crippen LogP contribution in [0.3, 0.4) is 0 Å². The van der Waals surface area contributed by atoms with E-state index >= 15 is 0 Å². The number of allylic oxidation sites excluding steroid dienone is 4. The molecule has 0 aliphatic heterocycles. The maximum atomic E-state index is 4.99. The van der Waals surface area contributed by atoms with Crippen molar-refractivity contribution in [3.63, 3.8) is 0 Å². The molecule has 1 saturated carbocycles. The van der Waals surface area contributed by atoms with E-state index in [2.05, 4.69) is 26.8 Å².